The van der Waals surface area contributed by atoms with Gasteiger partial charge in [0.05, 0.1) is 27.3 Å². The van der Waals surface area contributed by atoms with Crippen LogP contribution in [0.1, 0.15) is 11.1 Å². The fraction of sp³-hybridized carbons (Fsp3) is 0.417. The van der Waals surface area contributed by atoms with Crippen molar-refractivity contribution in [2.75, 3.05) is 66.6 Å². The number of aliphatic imine (C=N–C) groups is 2. The molecule has 8 nitrogen and oxygen atoms in total. The second kappa shape index (κ2) is 12.1. The van der Waals surface area contributed by atoms with Gasteiger partial charge in [-0.25, -0.2) is 0 Å². The van der Waals surface area contributed by atoms with Gasteiger partial charge < -0.3 is 19.7 Å². The van der Waals surface area contributed by atoms with Crippen molar-refractivity contribution in [2.24, 2.45) is 9.98 Å². The van der Waals surface area contributed by atoms with Crippen molar-refractivity contribution in [3.63, 3.8) is 0 Å². The number of ether oxygens (including phenoxy) is 2. The number of nitrogens with zero attached hydrogens (tertiary/aromatic N) is 4. The van der Waals surface area contributed by atoms with E-state index in [0.29, 0.717) is 35.7 Å². The van der Waals surface area contributed by atoms with Crippen molar-refractivity contribution >= 4 is 12.4 Å². The molecule has 1 aliphatic heterocycles. The smallest absolute Gasteiger partial charge is 0.166 e. The number of hydrogen-bond acceptors (Lipinski definition) is 8. The first-order valence-electron chi connectivity index (χ1n) is 10.8. The van der Waals surface area contributed by atoms with E-state index in [9.17, 15) is 10.2 Å². The molecule has 3 rings (SSSR count). The summed E-state index contributed by atoms with van der Waals surface area (Å²) in [4.78, 5) is 13.7. The minimum atomic E-state index is 0.122. The number of rotatable bonds is 10. The van der Waals surface area contributed by atoms with Crippen LogP contribution < -0.4 is 9.47 Å². The summed E-state index contributed by atoms with van der Waals surface area (Å²) in [6.07, 6.45) is 3.40. The summed E-state index contributed by atoms with van der Waals surface area (Å²) in [6, 6.07) is 10.8. The van der Waals surface area contributed by atoms with Crippen molar-refractivity contribution in [3.05, 3.63) is 47.5 Å². The highest BCUT2D eigenvalue weighted by Crippen LogP contribution is 2.28. The maximum Gasteiger partial charge on any atom is 0.166 e. The molecule has 1 saturated heterocycles. The molecule has 0 spiro atoms. The van der Waals surface area contributed by atoms with E-state index in [1.54, 1.807) is 24.6 Å². The Morgan fingerprint density at radius 2 is 1.16 bits per heavy atom. The van der Waals surface area contributed by atoms with E-state index >= 15 is 0 Å². The number of para-hydroxylation sites is 2. The zero-order chi connectivity index (χ0) is 22.8. The van der Waals surface area contributed by atoms with Gasteiger partial charge in [0.15, 0.2) is 23.0 Å². The molecule has 8 heteroatoms. The molecule has 0 amide bonds. The third kappa shape index (κ3) is 6.45. The normalized spacial score (nSPS) is 15.6. The third-order valence-electron chi connectivity index (χ3n) is 5.52. The van der Waals surface area contributed by atoms with E-state index < -0.39 is 0 Å². The topological polar surface area (TPSA) is 90.1 Å². The molecule has 1 fully saturated rings. The predicted octanol–water partition coefficient (Wildman–Crippen LogP) is 2.27. The lowest BCUT2D eigenvalue weighted by Crippen LogP contribution is -2.47. The second-order valence-corrected chi connectivity index (χ2v) is 7.55. The zero-order valence-electron chi connectivity index (χ0n) is 18.8. The summed E-state index contributed by atoms with van der Waals surface area (Å²) in [7, 11) is 3.07. The average Bonchev–Trinajstić information content (AvgIpc) is 2.82. The minimum Gasteiger partial charge on any atom is -0.504 e. The van der Waals surface area contributed by atoms with Gasteiger partial charge in [0.25, 0.3) is 0 Å². The summed E-state index contributed by atoms with van der Waals surface area (Å²) in [6.45, 7) is 7.15. The molecule has 1 aliphatic rings. The Morgan fingerprint density at radius 1 is 0.750 bits per heavy atom. The van der Waals surface area contributed by atoms with Crippen molar-refractivity contribution in [1.29, 1.82) is 0 Å². The van der Waals surface area contributed by atoms with Crippen LogP contribution in [0.3, 0.4) is 0 Å². The standard InChI is InChI=1S/C24H32N4O4/c1-31-21-7-3-5-19(23(21)29)17-25-9-11-27-13-15-28(16-14-27)12-10-26-18-20-6-4-8-22(32-2)24(20)30/h3-8,17-18,29-30H,9-16H2,1-2H3. The molecule has 0 saturated carbocycles. The zero-order valence-corrected chi connectivity index (χ0v) is 18.8. The molecular weight excluding hydrogens is 408 g/mol. The largest absolute Gasteiger partial charge is 0.504 e. The first kappa shape index (κ1) is 23.6. The van der Waals surface area contributed by atoms with E-state index in [0.717, 1.165) is 39.3 Å². The first-order chi connectivity index (χ1) is 15.6. The fourth-order valence-corrected chi connectivity index (χ4v) is 3.58. The van der Waals surface area contributed by atoms with Crippen LogP contribution in [-0.2, 0) is 0 Å². The highest BCUT2D eigenvalue weighted by molar-refractivity contribution is 5.85. The average molecular weight is 441 g/mol. The van der Waals surface area contributed by atoms with E-state index in [1.165, 1.54) is 14.2 Å². The molecule has 0 unspecified atom stereocenters. The maximum absolute atomic E-state index is 10.1. The van der Waals surface area contributed by atoms with Crippen molar-refractivity contribution in [3.8, 4) is 23.0 Å². The number of benzene rings is 2. The summed E-state index contributed by atoms with van der Waals surface area (Å²) in [5.74, 6) is 1.15. The van der Waals surface area contributed by atoms with Gasteiger partial charge in [-0.15, -0.1) is 0 Å². The highest BCUT2D eigenvalue weighted by atomic mass is 16.5. The number of phenolic OH excluding ortho intramolecular Hbond substituents is 2. The molecule has 0 atom stereocenters. The lowest BCUT2D eigenvalue weighted by atomic mass is 10.2. The summed E-state index contributed by atoms with van der Waals surface area (Å²) in [5.41, 5.74) is 1.33. The van der Waals surface area contributed by atoms with Gasteiger partial charge in [-0.3, -0.25) is 19.8 Å². The first-order valence-corrected chi connectivity index (χ1v) is 10.8. The van der Waals surface area contributed by atoms with Crippen LogP contribution in [0, 0.1) is 0 Å². The second-order valence-electron chi connectivity index (χ2n) is 7.55. The van der Waals surface area contributed by atoms with Crippen molar-refractivity contribution in [2.45, 2.75) is 0 Å². The molecule has 0 aliphatic carbocycles. The molecule has 32 heavy (non-hydrogen) atoms. The predicted molar refractivity (Wildman–Crippen MR) is 127 cm³/mol. The number of aromatic hydroxyl groups is 2. The Morgan fingerprint density at radius 3 is 1.53 bits per heavy atom. The van der Waals surface area contributed by atoms with Crippen LogP contribution in [0.5, 0.6) is 23.0 Å². The van der Waals surface area contributed by atoms with E-state index in [4.69, 9.17) is 9.47 Å². The molecule has 0 radical (unpaired) electrons. The molecular formula is C24H32N4O4. The van der Waals surface area contributed by atoms with Gasteiger partial charge in [-0.2, -0.15) is 0 Å². The number of hydrogen-bond donors (Lipinski definition) is 2. The lowest BCUT2D eigenvalue weighted by Gasteiger charge is -2.34. The summed E-state index contributed by atoms with van der Waals surface area (Å²) >= 11 is 0. The van der Waals surface area contributed by atoms with Crippen molar-refractivity contribution in [1.82, 2.24) is 9.80 Å². The molecule has 1 heterocycles. The van der Waals surface area contributed by atoms with Crippen LogP contribution in [0.25, 0.3) is 0 Å². The van der Waals surface area contributed by atoms with Crippen LogP contribution in [0.2, 0.25) is 0 Å². The number of phenols is 2. The van der Waals surface area contributed by atoms with Gasteiger partial charge in [0.1, 0.15) is 0 Å². The van der Waals surface area contributed by atoms with E-state index in [1.807, 2.05) is 24.3 Å². The quantitative estimate of drug-likeness (QED) is 0.551. The fourth-order valence-electron chi connectivity index (χ4n) is 3.58. The summed E-state index contributed by atoms with van der Waals surface area (Å²) < 4.78 is 10.2. The highest BCUT2D eigenvalue weighted by Gasteiger charge is 2.15. The Bertz CT molecular complexity index is 849. The molecule has 2 aromatic rings. The Labute approximate surface area is 189 Å². The van der Waals surface area contributed by atoms with E-state index in [-0.39, 0.29) is 11.5 Å². The minimum absolute atomic E-state index is 0.122. The molecule has 2 aromatic carbocycles. The van der Waals surface area contributed by atoms with Gasteiger partial charge in [0.2, 0.25) is 0 Å². The van der Waals surface area contributed by atoms with Crippen LogP contribution in [0.4, 0.5) is 0 Å². The monoisotopic (exact) mass is 440 g/mol. The molecule has 0 aromatic heterocycles. The van der Waals surface area contributed by atoms with Gasteiger partial charge in [-0.05, 0) is 24.3 Å². The van der Waals surface area contributed by atoms with Crippen LogP contribution >= 0.6 is 0 Å². The van der Waals surface area contributed by atoms with E-state index in [2.05, 4.69) is 19.8 Å². The Hall–Kier alpha value is -3.10. The molecule has 2 N–H and O–H groups in total. The Kier molecular flexibility index (Phi) is 8.89. The van der Waals surface area contributed by atoms with Crippen LogP contribution in [-0.4, -0.2) is 99.0 Å². The maximum atomic E-state index is 10.1. The molecule has 172 valence electrons. The SMILES string of the molecule is COc1cccc(C=NCCN2CCN(CCN=Cc3cccc(OC)c3O)CC2)c1O. The van der Waals surface area contributed by atoms with Gasteiger partial charge in [0, 0.05) is 62.8 Å². The van der Waals surface area contributed by atoms with Gasteiger partial charge >= 0.3 is 0 Å². The lowest BCUT2D eigenvalue weighted by molar-refractivity contribution is 0.138. The number of methoxy groups -OCH3 is 2. The summed E-state index contributed by atoms with van der Waals surface area (Å²) in [5, 5.41) is 20.2. The molecule has 0 bridgehead atoms. The Balaban J connectivity index is 1.35. The van der Waals surface area contributed by atoms with Crippen molar-refractivity contribution < 1.29 is 19.7 Å². The van der Waals surface area contributed by atoms with Crippen LogP contribution in [0.15, 0.2) is 46.4 Å². The van der Waals surface area contributed by atoms with Gasteiger partial charge in [-0.1, -0.05) is 12.1 Å². The third-order valence-corrected chi connectivity index (χ3v) is 5.52. The number of piperazine rings is 1.